The summed E-state index contributed by atoms with van der Waals surface area (Å²) in [7, 11) is 2.84. The number of aromatic nitrogens is 1. The van der Waals surface area contributed by atoms with Crippen LogP contribution in [0, 0.1) is 18.3 Å². The van der Waals surface area contributed by atoms with Crippen molar-refractivity contribution in [1.29, 1.82) is 5.26 Å². The molecular formula is C15H13BrN2O4. The van der Waals surface area contributed by atoms with Gasteiger partial charge in [0.05, 0.1) is 18.7 Å². The number of halogens is 1. The van der Waals surface area contributed by atoms with Crippen molar-refractivity contribution >= 4 is 15.9 Å². The molecule has 0 aliphatic carbocycles. The van der Waals surface area contributed by atoms with E-state index in [9.17, 15) is 15.2 Å². The Kier molecular flexibility index (Phi) is 4.43. The lowest BCUT2D eigenvalue weighted by Gasteiger charge is -2.15. The third kappa shape index (κ3) is 2.53. The lowest BCUT2D eigenvalue weighted by molar-refractivity contribution is 0.332. The number of nitrogens with one attached hydrogen (secondary N) is 1. The minimum Gasteiger partial charge on any atom is -0.504 e. The fourth-order valence-corrected chi connectivity index (χ4v) is 2.77. The minimum absolute atomic E-state index is 0.0833. The molecule has 0 saturated carbocycles. The van der Waals surface area contributed by atoms with E-state index >= 15 is 0 Å². The Labute approximate surface area is 135 Å². The molecule has 7 heteroatoms. The zero-order chi connectivity index (χ0) is 16.4. The SMILES string of the molecule is COc1c(Br)cc(-c2cc(C)[nH]c(=O)c2C#N)c(O)c1OC. The number of phenolic OH excluding ortho intramolecular Hbond substituents is 1. The maximum atomic E-state index is 11.9. The van der Waals surface area contributed by atoms with Crippen molar-refractivity contribution < 1.29 is 14.6 Å². The number of nitrogens with zero attached hydrogens (tertiary/aromatic N) is 1. The molecule has 0 fully saturated rings. The molecule has 2 N–H and O–H groups in total. The molecule has 22 heavy (non-hydrogen) atoms. The summed E-state index contributed by atoms with van der Waals surface area (Å²) in [5.41, 5.74) is 0.602. The van der Waals surface area contributed by atoms with E-state index < -0.39 is 5.56 Å². The number of hydrogen-bond acceptors (Lipinski definition) is 5. The molecule has 0 amide bonds. The Morgan fingerprint density at radius 1 is 1.23 bits per heavy atom. The number of hydrogen-bond donors (Lipinski definition) is 2. The number of aromatic amines is 1. The van der Waals surface area contributed by atoms with Crippen LogP contribution in [0.2, 0.25) is 0 Å². The number of aryl methyl sites for hydroxylation is 1. The topological polar surface area (TPSA) is 95.3 Å². The maximum Gasteiger partial charge on any atom is 0.266 e. The number of pyridine rings is 1. The van der Waals surface area contributed by atoms with Crippen molar-refractivity contribution in [2.45, 2.75) is 6.92 Å². The fraction of sp³-hybridized carbons (Fsp3) is 0.200. The summed E-state index contributed by atoms with van der Waals surface area (Å²) in [5, 5.41) is 19.7. The molecule has 0 aliphatic rings. The quantitative estimate of drug-likeness (QED) is 0.872. The van der Waals surface area contributed by atoms with Crippen LogP contribution in [0.5, 0.6) is 17.2 Å². The number of benzene rings is 1. The molecule has 114 valence electrons. The molecule has 1 heterocycles. The first kappa shape index (κ1) is 15.9. The molecule has 0 spiro atoms. The largest absolute Gasteiger partial charge is 0.504 e. The third-order valence-corrected chi connectivity index (χ3v) is 3.73. The zero-order valence-electron chi connectivity index (χ0n) is 12.2. The molecular weight excluding hydrogens is 352 g/mol. The highest BCUT2D eigenvalue weighted by atomic mass is 79.9. The average molecular weight is 365 g/mol. The van der Waals surface area contributed by atoms with Gasteiger partial charge in [-0.2, -0.15) is 5.26 Å². The summed E-state index contributed by atoms with van der Waals surface area (Å²) < 4.78 is 10.9. The van der Waals surface area contributed by atoms with Gasteiger partial charge in [0.1, 0.15) is 11.6 Å². The second-order valence-corrected chi connectivity index (χ2v) is 5.36. The van der Waals surface area contributed by atoms with Gasteiger partial charge in [-0.15, -0.1) is 0 Å². The highest BCUT2D eigenvalue weighted by Crippen LogP contribution is 2.48. The third-order valence-electron chi connectivity index (χ3n) is 3.14. The van der Waals surface area contributed by atoms with Gasteiger partial charge in [0, 0.05) is 16.8 Å². The van der Waals surface area contributed by atoms with Crippen LogP contribution >= 0.6 is 15.9 Å². The van der Waals surface area contributed by atoms with Gasteiger partial charge in [0.25, 0.3) is 5.56 Å². The van der Waals surface area contributed by atoms with Crippen molar-refractivity contribution in [3.8, 4) is 34.4 Å². The van der Waals surface area contributed by atoms with E-state index in [1.54, 1.807) is 19.1 Å². The number of aromatic hydroxyl groups is 1. The number of phenols is 1. The second-order valence-electron chi connectivity index (χ2n) is 4.50. The molecule has 0 saturated heterocycles. The Morgan fingerprint density at radius 2 is 1.86 bits per heavy atom. The normalized spacial score (nSPS) is 10.1. The number of H-pyrrole nitrogens is 1. The van der Waals surface area contributed by atoms with E-state index in [1.165, 1.54) is 14.2 Å². The molecule has 6 nitrogen and oxygen atoms in total. The molecule has 0 atom stereocenters. The van der Waals surface area contributed by atoms with E-state index in [2.05, 4.69) is 20.9 Å². The van der Waals surface area contributed by atoms with E-state index in [0.29, 0.717) is 27.0 Å². The van der Waals surface area contributed by atoms with Crippen molar-refractivity contribution in [3.63, 3.8) is 0 Å². The van der Waals surface area contributed by atoms with Crippen LogP contribution in [0.15, 0.2) is 21.4 Å². The molecule has 1 aromatic heterocycles. The Morgan fingerprint density at radius 3 is 2.41 bits per heavy atom. The van der Waals surface area contributed by atoms with E-state index in [0.717, 1.165) is 0 Å². The smallest absolute Gasteiger partial charge is 0.266 e. The van der Waals surface area contributed by atoms with E-state index in [4.69, 9.17) is 9.47 Å². The lowest BCUT2D eigenvalue weighted by Crippen LogP contribution is -2.12. The Bertz CT molecular complexity index is 837. The standard InChI is InChI=1S/C15H13BrN2O4/c1-7-4-8(10(6-17)15(20)18-7)9-5-11(16)13(21-2)14(22-3)12(9)19/h4-5,19H,1-3H3,(H,18,20). The molecule has 2 aromatic rings. The van der Waals surface area contributed by atoms with Crippen LogP contribution in [-0.4, -0.2) is 24.3 Å². The van der Waals surface area contributed by atoms with Crippen molar-refractivity contribution in [2.75, 3.05) is 14.2 Å². The number of methoxy groups -OCH3 is 2. The molecule has 0 aliphatic heterocycles. The predicted molar refractivity (Wildman–Crippen MR) is 84.4 cm³/mol. The van der Waals surface area contributed by atoms with Gasteiger partial charge in [0.2, 0.25) is 5.75 Å². The lowest BCUT2D eigenvalue weighted by atomic mass is 9.99. The van der Waals surface area contributed by atoms with Crippen LogP contribution in [-0.2, 0) is 0 Å². The molecule has 2 rings (SSSR count). The Balaban J connectivity index is 2.88. The van der Waals surface area contributed by atoms with Crippen LogP contribution < -0.4 is 15.0 Å². The average Bonchev–Trinajstić information content (AvgIpc) is 2.47. The minimum atomic E-state index is -0.511. The predicted octanol–water partition coefficient (Wildman–Crippen LogP) is 2.71. The van der Waals surface area contributed by atoms with Gasteiger partial charge < -0.3 is 19.6 Å². The first-order chi connectivity index (χ1) is 10.4. The van der Waals surface area contributed by atoms with Crippen molar-refractivity contribution in [2.24, 2.45) is 0 Å². The summed E-state index contributed by atoms with van der Waals surface area (Å²) in [4.78, 5) is 14.5. The summed E-state index contributed by atoms with van der Waals surface area (Å²) >= 11 is 3.33. The summed E-state index contributed by atoms with van der Waals surface area (Å²) in [6.45, 7) is 1.69. The van der Waals surface area contributed by atoms with Crippen LogP contribution in [0.1, 0.15) is 11.3 Å². The number of ether oxygens (including phenoxy) is 2. The summed E-state index contributed by atoms with van der Waals surface area (Å²) in [6.07, 6.45) is 0. The highest BCUT2D eigenvalue weighted by molar-refractivity contribution is 9.10. The maximum absolute atomic E-state index is 11.9. The molecule has 0 radical (unpaired) electrons. The number of rotatable bonds is 3. The van der Waals surface area contributed by atoms with Gasteiger partial charge in [-0.25, -0.2) is 0 Å². The fourth-order valence-electron chi connectivity index (χ4n) is 2.20. The van der Waals surface area contributed by atoms with E-state index in [1.807, 2.05) is 6.07 Å². The highest BCUT2D eigenvalue weighted by Gasteiger charge is 2.22. The van der Waals surface area contributed by atoms with E-state index in [-0.39, 0.29) is 17.1 Å². The number of nitriles is 1. The first-order valence-electron chi connectivity index (χ1n) is 6.22. The molecule has 1 aromatic carbocycles. The summed E-state index contributed by atoms with van der Waals surface area (Å²) in [5.74, 6) is 0.238. The van der Waals surface area contributed by atoms with Crippen LogP contribution in [0.25, 0.3) is 11.1 Å². The van der Waals surface area contributed by atoms with Crippen LogP contribution in [0.3, 0.4) is 0 Å². The Hall–Kier alpha value is -2.46. The van der Waals surface area contributed by atoms with Gasteiger partial charge >= 0.3 is 0 Å². The van der Waals surface area contributed by atoms with Gasteiger partial charge in [-0.1, -0.05) is 0 Å². The molecule has 0 bridgehead atoms. The molecule has 0 unspecified atom stereocenters. The van der Waals surface area contributed by atoms with Gasteiger partial charge in [-0.05, 0) is 35.0 Å². The van der Waals surface area contributed by atoms with Gasteiger partial charge in [0.15, 0.2) is 11.5 Å². The van der Waals surface area contributed by atoms with Crippen molar-refractivity contribution in [3.05, 3.63) is 38.2 Å². The summed E-state index contributed by atoms with van der Waals surface area (Å²) in [6, 6.07) is 5.05. The zero-order valence-corrected chi connectivity index (χ0v) is 13.7. The van der Waals surface area contributed by atoms with Gasteiger partial charge in [-0.3, -0.25) is 4.79 Å². The second kappa shape index (κ2) is 6.12. The van der Waals surface area contributed by atoms with Crippen molar-refractivity contribution in [1.82, 2.24) is 4.98 Å². The monoisotopic (exact) mass is 364 g/mol. The van der Waals surface area contributed by atoms with Crippen LogP contribution in [0.4, 0.5) is 0 Å². The first-order valence-corrected chi connectivity index (χ1v) is 7.01.